The Morgan fingerprint density at radius 1 is 1.40 bits per heavy atom. The van der Waals surface area contributed by atoms with Crippen LogP contribution in [0.15, 0.2) is 41.4 Å². The summed E-state index contributed by atoms with van der Waals surface area (Å²) in [4.78, 5) is 4.58. The standard InChI is InChI=1S/C16H20N4/c1-2-18-16(20-15-8-3-4-9-15)19-12-14-7-5-6-13(10-14)11-17/h3-7,10,15H,2,8-9,12H2,1H3,(H2,18,19,20). The molecular weight excluding hydrogens is 248 g/mol. The van der Waals surface area contributed by atoms with Crippen LogP contribution in [0.2, 0.25) is 0 Å². The second-order valence-corrected chi connectivity index (χ2v) is 4.79. The van der Waals surface area contributed by atoms with Gasteiger partial charge >= 0.3 is 0 Å². The first kappa shape index (κ1) is 14.1. The lowest BCUT2D eigenvalue weighted by Gasteiger charge is -2.16. The van der Waals surface area contributed by atoms with Crippen molar-refractivity contribution in [2.45, 2.75) is 32.4 Å². The maximum Gasteiger partial charge on any atom is 0.191 e. The van der Waals surface area contributed by atoms with Crippen molar-refractivity contribution in [2.24, 2.45) is 4.99 Å². The van der Waals surface area contributed by atoms with Crippen LogP contribution in [0.4, 0.5) is 0 Å². The van der Waals surface area contributed by atoms with Gasteiger partial charge < -0.3 is 10.6 Å². The van der Waals surface area contributed by atoms with Crippen LogP contribution in [0.5, 0.6) is 0 Å². The molecule has 0 spiro atoms. The minimum atomic E-state index is 0.443. The summed E-state index contributed by atoms with van der Waals surface area (Å²) in [5.41, 5.74) is 1.72. The van der Waals surface area contributed by atoms with Gasteiger partial charge in [-0.15, -0.1) is 0 Å². The zero-order chi connectivity index (χ0) is 14.2. The van der Waals surface area contributed by atoms with Crippen LogP contribution in [-0.2, 0) is 6.54 Å². The highest BCUT2D eigenvalue weighted by Gasteiger charge is 2.11. The lowest BCUT2D eigenvalue weighted by Crippen LogP contribution is -2.42. The highest BCUT2D eigenvalue weighted by atomic mass is 15.2. The van der Waals surface area contributed by atoms with Gasteiger partial charge in [0.15, 0.2) is 5.96 Å². The molecular formula is C16H20N4. The highest BCUT2D eigenvalue weighted by Crippen LogP contribution is 2.09. The van der Waals surface area contributed by atoms with Gasteiger partial charge in [-0.1, -0.05) is 24.3 Å². The highest BCUT2D eigenvalue weighted by molar-refractivity contribution is 5.80. The number of hydrogen-bond acceptors (Lipinski definition) is 2. The van der Waals surface area contributed by atoms with Crippen LogP contribution in [0.1, 0.15) is 30.9 Å². The van der Waals surface area contributed by atoms with Gasteiger partial charge in [0.05, 0.1) is 18.2 Å². The lowest BCUT2D eigenvalue weighted by molar-refractivity contribution is 0.633. The first-order valence-corrected chi connectivity index (χ1v) is 7.00. The molecule has 0 radical (unpaired) electrons. The van der Waals surface area contributed by atoms with Gasteiger partial charge in [-0.25, -0.2) is 4.99 Å². The maximum atomic E-state index is 8.90. The van der Waals surface area contributed by atoms with E-state index in [2.05, 4.69) is 40.8 Å². The molecule has 1 aromatic carbocycles. The molecule has 2 N–H and O–H groups in total. The van der Waals surface area contributed by atoms with Crippen molar-refractivity contribution in [3.63, 3.8) is 0 Å². The van der Waals surface area contributed by atoms with E-state index in [1.165, 1.54) is 0 Å². The quantitative estimate of drug-likeness (QED) is 0.500. The molecule has 0 heterocycles. The Hall–Kier alpha value is -2.28. The Morgan fingerprint density at radius 3 is 2.90 bits per heavy atom. The second-order valence-electron chi connectivity index (χ2n) is 4.79. The third kappa shape index (κ3) is 4.13. The summed E-state index contributed by atoms with van der Waals surface area (Å²) in [7, 11) is 0. The van der Waals surface area contributed by atoms with Crippen molar-refractivity contribution < 1.29 is 0 Å². The van der Waals surface area contributed by atoms with E-state index in [-0.39, 0.29) is 0 Å². The van der Waals surface area contributed by atoms with E-state index >= 15 is 0 Å². The predicted molar refractivity (Wildman–Crippen MR) is 81.3 cm³/mol. The fourth-order valence-electron chi connectivity index (χ4n) is 2.16. The smallest absolute Gasteiger partial charge is 0.191 e. The Kier molecular flexibility index (Phi) is 5.19. The summed E-state index contributed by atoms with van der Waals surface area (Å²) in [6.07, 6.45) is 6.48. The van der Waals surface area contributed by atoms with Crippen molar-refractivity contribution in [1.82, 2.24) is 10.6 Å². The van der Waals surface area contributed by atoms with Crippen LogP contribution in [0, 0.1) is 11.3 Å². The molecule has 0 saturated heterocycles. The van der Waals surface area contributed by atoms with E-state index in [0.717, 1.165) is 30.9 Å². The Morgan fingerprint density at radius 2 is 2.20 bits per heavy atom. The first-order valence-electron chi connectivity index (χ1n) is 7.00. The third-order valence-electron chi connectivity index (χ3n) is 3.17. The van der Waals surface area contributed by atoms with E-state index in [4.69, 9.17) is 5.26 Å². The summed E-state index contributed by atoms with van der Waals surface area (Å²) in [6, 6.07) is 10.2. The molecule has 0 bridgehead atoms. The number of nitrogens with zero attached hydrogens (tertiary/aromatic N) is 2. The second kappa shape index (κ2) is 7.34. The van der Waals surface area contributed by atoms with Gasteiger partial charge in [-0.3, -0.25) is 0 Å². The van der Waals surface area contributed by atoms with E-state index in [1.807, 2.05) is 18.2 Å². The average Bonchev–Trinajstić information content (AvgIpc) is 2.98. The summed E-state index contributed by atoms with van der Waals surface area (Å²) < 4.78 is 0. The first-order chi connectivity index (χ1) is 9.81. The molecule has 0 aromatic heterocycles. The molecule has 0 amide bonds. The zero-order valence-electron chi connectivity index (χ0n) is 11.8. The number of nitrogens with one attached hydrogen (secondary N) is 2. The minimum absolute atomic E-state index is 0.443. The summed E-state index contributed by atoms with van der Waals surface area (Å²) in [6.45, 7) is 3.47. The van der Waals surface area contributed by atoms with Gasteiger partial charge in [0.1, 0.15) is 0 Å². The van der Waals surface area contributed by atoms with E-state index < -0.39 is 0 Å². The van der Waals surface area contributed by atoms with E-state index in [9.17, 15) is 0 Å². The van der Waals surface area contributed by atoms with Gasteiger partial charge in [0.2, 0.25) is 0 Å². The number of hydrogen-bond donors (Lipinski definition) is 2. The van der Waals surface area contributed by atoms with Crippen molar-refractivity contribution >= 4 is 5.96 Å². The largest absolute Gasteiger partial charge is 0.357 e. The molecule has 0 unspecified atom stereocenters. The van der Waals surface area contributed by atoms with Crippen LogP contribution in [0.25, 0.3) is 0 Å². The monoisotopic (exact) mass is 268 g/mol. The van der Waals surface area contributed by atoms with Gasteiger partial charge in [-0.2, -0.15) is 5.26 Å². The molecule has 1 aliphatic rings. The molecule has 0 saturated carbocycles. The van der Waals surface area contributed by atoms with Gasteiger partial charge in [0.25, 0.3) is 0 Å². The van der Waals surface area contributed by atoms with Crippen LogP contribution < -0.4 is 10.6 Å². The van der Waals surface area contributed by atoms with Gasteiger partial charge in [0, 0.05) is 12.6 Å². The number of nitriles is 1. The van der Waals surface area contributed by atoms with Crippen molar-refractivity contribution in [3.05, 3.63) is 47.5 Å². The van der Waals surface area contributed by atoms with Crippen molar-refractivity contribution in [1.29, 1.82) is 5.26 Å². The van der Waals surface area contributed by atoms with Crippen LogP contribution in [0.3, 0.4) is 0 Å². The lowest BCUT2D eigenvalue weighted by atomic mass is 10.1. The number of benzene rings is 1. The molecule has 20 heavy (non-hydrogen) atoms. The fourth-order valence-corrected chi connectivity index (χ4v) is 2.16. The van der Waals surface area contributed by atoms with Gasteiger partial charge in [-0.05, 0) is 37.5 Å². The molecule has 2 rings (SSSR count). The molecule has 4 heteroatoms. The number of guanidine groups is 1. The fraction of sp³-hybridized carbons (Fsp3) is 0.375. The molecule has 104 valence electrons. The third-order valence-corrected chi connectivity index (χ3v) is 3.17. The minimum Gasteiger partial charge on any atom is -0.357 e. The normalized spacial score (nSPS) is 15.1. The molecule has 0 fully saturated rings. The summed E-state index contributed by atoms with van der Waals surface area (Å²) >= 11 is 0. The number of aliphatic imine (C=N–C) groups is 1. The number of rotatable bonds is 4. The maximum absolute atomic E-state index is 8.90. The average molecular weight is 268 g/mol. The molecule has 1 aliphatic carbocycles. The van der Waals surface area contributed by atoms with E-state index in [1.54, 1.807) is 6.07 Å². The Bertz CT molecular complexity index is 532. The molecule has 0 atom stereocenters. The summed E-state index contributed by atoms with van der Waals surface area (Å²) in [5.74, 6) is 0.837. The van der Waals surface area contributed by atoms with Crippen LogP contribution >= 0.6 is 0 Å². The van der Waals surface area contributed by atoms with E-state index in [0.29, 0.717) is 18.2 Å². The predicted octanol–water partition coefficient (Wildman–Crippen LogP) is 2.33. The molecule has 4 nitrogen and oxygen atoms in total. The van der Waals surface area contributed by atoms with Crippen molar-refractivity contribution in [2.75, 3.05) is 6.54 Å². The van der Waals surface area contributed by atoms with Crippen LogP contribution in [-0.4, -0.2) is 18.5 Å². The Labute approximate surface area is 120 Å². The summed E-state index contributed by atoms with van der Waals surface area (Å²) in [5, 5.41) is 15.6. The molecule has 1 aromatic rings. The SMILES string of the molecule is CCNC(=NCc1cccc(C#N)c1)NC1CC=CC1. The van der Waals surface area contributed by atoms with Crippen molar-refractivity contribution in [3.8, 4) is 6.07 Å². The Balaban J connectivity index is 1.98. The molecule has 0 aliphatic heterocycles. The zero-order valence-corrected chi connectivity index (χ0v) is 11.8. The topological polar surface area (TPSA) is 60.2 Å².